The molecule has 172 valence electrons. The lowest BCUT2D eigenvalue weighted by molar-refractivity contribution is -0.127. The van der Waals surface area contributed by atoms with E-state index in [0.717, 1.165) is 82.0 Å². The molecule has 0 bridgehead atoms. The number of likely N-dealkylation sites (tertiary alicyclic amines) is 2. The Kier molecular flexibility index (Phi) is 11.1. The Balaban J connectivity index is 0.00000341. The molecule has 0 aromatic heterocycles. The summed E-state index contributed by atoms with van der Waals surface area (Å²) in [5.41, 5.74) is 1.83. The third-order valence-corrected chi connectivity index (χ3v) is 5.68. The van der Waals surface area contributed by atoms with Crippen LogP contribution in [0.2, 0.25) is 0 Å². The lowest BCUT2D eigenvalue weighted by atomic mass is 10.1. The number of carbonyl (C=O) groups excluding carboxylic acids is 2. The van der Waals surface area contributed by atoms with Crippen molar-refractivity contribution in [3.8, 4) is 0 Å². The summed E-state index contributed by atoms with van der Waals surface area (Å²) in [5, 5.41) is 6.60. The van der Waals surface area contributed by atoms with Gasteiger partial charge in [0.25, 0.3) is 5.91 Å². The SMILES string of the molecule is CCNC(=NCc1ccc(C(=O)N2CCCCC2)cc1)NCCCN1CCCC1=O.I. The number of nitrogens with zero attached hydrogens (tertiary/aromatic N) is 3. The fraction of sp³-hybridized carbons (Fsp3) is 0.609. The van der Waals surface area contributed by atoms with Gasteiger partial charge in [0, 0.05) is 51.3 Å². The standard InChI is InChI=1S/C23H35N5O2.HI/c1-2-24-23(25-13-7-17-27-16-6-8-21(27)29)26-18-19-9-11-20(12-10-19)22(30)28-14-4-3-5-15-28;/h9-12H,2-8,13-18H2,1H3,(H2,24,25,26);1H. The van der Waals surface area contributed by atoms with Crippen molar-refractivity contribution in [2.24, 2.45) is 4.99 Å². The van der Waals surface area contributed by atoms with E-state index in [1.54, 1.807) is 0 Å². The molecule has 2 aliphatic heterocycles. The van der Waals surface area contributed by atoms with Gasteiger partial charge < -0.3 is 20.4 Å². The van der Waals surface area contributed by atoms with Gasteiger partial charge in [0.2, 0.25) is 5.91 Å². The van der Waals surface area contributed by atoms with Gasteiger partial charge in [-0.3, -0.25) is 9.59 Å². The van der Waals surface area contributed by atoms with Crippen LogP contribution in [0, 0.1) is 0 Å². The number of hydrogen-bond donors (Lipinski definition) is 2. The molecule has 1 aromatic rings. The summed E-state index contributed by atoms with van der Waals surface area (Å²) in [6, 6.07) is 7.80. The highest BCUT2D eigenvalue weighted by Crippen LogP contribution is 2.14. The van der Waals surface area contributed by atoms with E-state index in [2.05, 4.69) is 15.6 Å². The van der Waals surface area contributed by atoms with Gasteiger partial charge in [0.05, 0.1) is 6.54 Å². The molecule has 1 aromatic carbocycles. The van der Waals surface area contributed by atoms with Gasteiger partial charge in [0.1, 0.15) is 0 Å². The van der Waals surface area contributed by atoms with E-state index in [1.165, 1.54) is 6.42 Å². The minimum atomic E-state index is 0. The van der Waals surface area contributed by atoms with Crippen LogP contribution in [0.15, 0.2) is 29.3 Å². The topological polar surface area (TPSA) is 77.0 Å². The molecule has 8 heteroatoms. The minimum Gasteiger partial charge on any atom is -0.357 e. The van der Waals surface area contributed by atoms with Crippen LogP contribution >= 0.6 is 24.0 Å². The highest BCUT2D eigenvalue weighted by Gasteiger charge is 2.19. The van der Waals surface area contributed by atoms with Gasteiger partial charge in [-0.05, 0) is 56.7 Å². The second-order valence-corrected chi connectivity index (χ2v) is 8.01. The normalized spacial score (nSPS) is 16.8. The third-order valence-electron chi connectivity index (χ3n) is 5.68. The average molecular weight is 541 g/mol. The summed E-state index contributed by atoms with van der Waals surface area (Å²) in [4.78, 5) is 32.8. The molecular weight excluding hydrogens is 505 g/mol. The molecule has 7 nitrogen and oxygen atoms in total. The number of aliphatic imine (C=N–C) groups is 1. The monoisotopic (exact) mass is 541 g/mol. The van der Waals surface area contributed by atoms with E-state index < -0.39 is 0 Å². The van der Waals surface area contributed by atoms with Gasteiger partial charge in [-0.15, -0.1) is 24.0 Å². The first-order chi connectivity index (χ1) is 14.7. The van der Waals surface area contributed by atoms with Crippen molar-refractivity contribution in [3.63, 3.8) is 0 Å². The zero-order valence-corrected chi connectivity index (χ0v) is 20.9. The Labute approximate surface area is 203 Å². The molecule has 2 amide bonds. The van der Waals surface area contributed by atoms with E-state index in [9.17, 15) is 9.59 Å². The summed E-state index contributed by atoms with van der Waals surface area (Å²) in [5.74, 6) is 1.19. The molecule has 0 radical (unpaired) electrons. The predicted molar refractivity (Wildman–Crippen MR) is 135 cm³/mol. The second kappa shape index (κ2) is 13.5. The fourth-order valence-corrected chi connectivity index (χ4v) is 3.96. The van der Waals surface area contributed by atoms with Crippen LogP contribution < -0.4 is 10.6 Å². The molecule has 31 heavy (non-hydrogen) atoms. The fourth-order valence-electron chi connectivity index (χ4n) is 3.96. The van der Waals surface area contributed by atoms with Crippen molar-refractivity contribution >= 4 is 41.8 Å². The van der Waals surface area contributed by atoms with Crippen LogP contribution in [0.1, 0.15) is 61.4 Å². The summed E-state index contributed by atoms with van der Waals surface area (Å²) >= 11 is 0. The van der Waals surface area contributed by atoms with Crippen LogP contribution in [0.4, 0.5) is 0 Å². The van der Waals surface area contributed by atoms with Gasteiger partial charge in [0.15, 0.2) is 5.96 Å². The molecule has 0 unspecified atom stereocenters. The Morgan fingerprint density at radius 2 is 1.77 bits per heavy atom. The van der Waals surface area contributed by atoms with Crippen LogP contribution in [0.25, 0.3) is 0 Å². The van der Waals surface area contributed by atoms with E-state index in [0.29, 0.717) is 13.0 Å². The Morgan fingerprint density at radius 1 is 1.03 bits per heavy atom. The molecule has 0 spiro atoms. The highest BCUT2D eigenvalue weighted by molar-refractivity contribution is 14.0. The number of nitrogens with one attached hydrogen (secondary N) is 2. The number of benzene rings is 1. The maximum atomic E-state index is 12.6. The summed E-state index contributed by atoms with van der Waals surface area (Å²) < 4.78 is 0. The lowest BCUT2D eigenvalue weighted by Crippen LogP contribution is -2.39. The molecule has 0 atom stereocenters. The number of hydrogen-bond acceptors (Lipinski definition) is 3. The van der Waals surface area contributed by atoms with Crippen molar-refractivity contribution < 1.29 is 9.59 Å². The summed E-state index contributed by atoms with van der Waals surface area (Å²) in [6.45, 7) is 7.60. The molecule has 0 aliphatic carbocycles. The average Bonchev–Trinajstić information content (AvgIpc) is 3.20. The number of guanidine groups is 1. The van der Waals surface area contributed by atoms with Crippen molar-refractivity contribution in [3.05, 3.63) is 35.4 Å². The van der Waals surface area contributed by atoms with E-state index in [1.807, 2.05) is 41.0 Å². The predicted octanol–water partition coefficient (Wildman–Crippen LogP) is 3.00. The first kappa shape index (κ1) is 25.4. The molecule has 0 saturated carbocycles. The largest absolute Gasteiger partial charge is 0.357 e. The molecule has 2 fully saturated rings. The highest BCUT2D eigenvalue weighted by atomic mass is 127. The maximum Gasteiger partial charge on any atom is 0.253 e. The smallest absolute Gasteiger partial charge is 0.253 e. The Morgan fingerprint density at radius 3 is 2.42 bits per heavy atom. The summed E-state index contributed by atoms with van der Waals surface area (Å²) in [6.07, 6.45) is 6.02. The van der Waals surface area contributed by atoms with Crippen LogP contribution in [-0.4, -0.2) is 66.8 Å². The van der Waals surface area contributed by atoms with Crippen molar-refractivity contribution in [1.29, 1.82) is 0 Å². The van der Waals surface area contributed by atoms with Crippen molar-refractivity contribution in [1.82, 2.24) is 20.4 Å². The van der Waals surface area contributed by atoms with Crippen LogP contribution in [0.5, 0.6) is 0 Å². The molecule has 2 saturated heterocycles. The second-order valence-electron chi connectivity index (χ2n) is 8.01. The number of piperidine rings is 1. The third kappa shape index (κ3) is 7.97. The van der Waals surface area contributed by atoms with Crippen LogP contribution in [-0.2, 0) is 11.3 Å². The van der Waals surface area contributed by atoms with Gasteiger partial charge in [-0.1, -0.05) is 12.1 Å². The minimum absolute atomic E-state index is 0. The lowest BCUT2D eigenvalue weighted by Gasteiger charge is -2.26. The van der Waals surface area contributed by atoms with E-state index >= 15 is 0 Å². The molecule has 2 N–H and O–H groups in total. The van der Waals surface area contributed by atoms with Gasteiger partial charge in [-0.2, -0.15) is 0 Å². The molecule has 3 rings (SSSR count). The quantitative estimate of drug-likeness (QED) is 0.230. The first-order valence-corrected chi connectivity index (χ1v) is 11.4. The number of rotatable bonds is 8. The van der Waals surface area contributed by atoms with Gasteiger partial charge in [-0.25, -0.2) is 4.99 Å². The summed E-state index contributed by atoms with van der Waals surface area (Å²) in [7, 11) is 0. The Bertz CT molecular complexity index is 732. The maximum absolute atomic E-state index is 12.6. The number of halogens is 1. The van der Waals surface area contributed by atoms with E-state index in [4.69, 9.17) is 0 Å². The first-order valence-electron chi connectivity index (χ1n) is 11.4. The van der Waals surface area contributed by atoms with Crippen molar-refractivity contribution in [2.45, 2.75) is 52.0 Å². The molecule has 2 heterocycles. The number of amides is 2. The number of carbonyl (C=O) groups is 2. The van der Waals surface area contributed by atoms with Crippen molar-refractivity contribution in [2.75, 3.05) is 39.3 Å². The molecule has 2 aliphatic rings. The zero-order valence-electron chi connectivity index (χ0n) is 18.6. The van der Waals surface area contributed by atoms with Gasteiger partial charge >= 0.3 is 0 Å². The molecular formula is C23H36IN5O2. The van der Waals surface area contributed by atoms with Crippen LogP contribution in [0.3, 0.4) is 0 Å². The zero-order chi connectivity index (χ0) is 21.2. The van der Waals surface area contributed by atoms with E-state index in [-0.39, 0.29) is 35.8 Å². The Hall–Kier alpha value is -1.84.